The van der Waals surface area contributed by atoms with Crippen LogP contribution in [0, 0.1) is 0 Å². The fraction of sp³-hybridized carbons (Fsp3) is 0.355. The zero-order valence-corrected chi connectivity index (χ0v) is 24.2. The van der Waals surface area contributed by atoms with Gasteiger partial charge in [0.25, 0.3) is 5.91 Å². The fourth-order valence-electron chi connectivity index (χ4n) is 4.85. The molecule has 1 atom stereocenters. The SMILES string of the molecule is COc1cc(OC)cc(OCC(=O)N(Cc2ccc(Cl)cc2Cl)[C@@H](Cc2ccccc2)C(=O)NC2CCCC2)c1. The maximum atomic E-state index is 13.9. The van der Waals surface area contributed by atoms with E-state index in [9.17, 15) is 9.59 Å². The first-order valence-corrected chi connectivity index (χ1v) is 14.1. The molecule has 1 saturated carbocycles. The summed E-state index contributed by atoms with van der Waals surface area (Å²) in [4.78, 5) is 29.2. The summed E-state index contributed by atoms with van der Waals surface area (Å²) < 4.78 is 16.5. The van der Waals surface area contributed by atoms with Crippen molar-refractivity contribution < 1.29 is 23.8 Å². The predicted octanol–water partition coefficient (Wildman–Crippen LogP) is 6.09. The van der Waals surface area contributed by atoms with Crippen LogP contribution in [0.3, 0.4) is 0 Å². The van der Waals surface area contributed by atoms with Crippen LogP contribution in [0.25, 0.3) is 0 Å². The molecule has 3 aromatic carbocycles. The monoisotopic (exact) mass is 584 g/mol. The minimum Gasteiger partial charge on any atom is -0.496 e. The Morgan fingerprint density at radius 2 is 1.57 bits per heavy atom. The molecule has 0 saturated heterocycles. The van der Waals surface area contributed by atoms with Crippen molar-refractivity contribution >= 4 is 35.0 Å². The maximum Gasteiger partial charge on any atom is 0.261 e. The summed E-state index contributed by atoms with van der Waals surface area (Å²) >= 11 is 12.6. The fourth-order valence-corrected chi connectivity index (χ4v) is 5.32. The number of ether oxygens (including phenoxy) is 3. The molecular weight excluding hydrogens is 551 g/mol. The molecule has 1 fully saturated rings. The molecule has 0 unspecified atom stereocenters. The predicted molar refractivity (Wildman–Crippen MR) is 156 cm³/mol. The van der Waals surface area contributed by atoms with Crippen LogP contribution in [-0.4, -0.2) is 49.6 Å². The van der Waals surface area contributed by atoms with Gasteiger partial charge in [-0.05, 0) is 36.1 Å². The van der Waals surface area contributed by atoms with Crippen LogP contribution in [0.5, 0.6) is 17.2 Å². The number of rotatable bonds is 12. The molecule has 40 heavy (non-hydrogen) atoms. The highest BCUT2D eigenvalue weighted by Crippen LogP contribution is 2.28. The van der Waals surface area contributed by atoms with Gasteiger partial charge in [0.05, 0.1) is 14.2 Å². The molecule has 0 radical (unpaired) electrons. The van der Waals surface area contributed by atoms with Gasteiger partial charge in [-0.2, -0.15) is 0 Å². The minimum atomic E-state index is -0.786. The van der Waals surface area contributed by atoms with Crippen molar-refractivity contribution in [2.45, 2.75) is 50.7 Å². The van der Waals surface area contributed by atoms with E-state index in [4.69, 9.17) is 37.4 Å². The smallest absolute Gasteiger partial charge is 0.261 e. The summed E-state index contributed by atoms with van der Waals surface area (Å²) in [5, 5.41) is 4.09. The van der Waals surface area contributed by atoms with E-state index in [1.807, 2.05) is 30.3 Å². The second kappa shape index (κ2) is 14.3. The first-order valence-electron chi connectivity index (χ1n) is 13.3. The van der Waals surface area contributed by atoms with Crippen LogP contribution in [0.15, 0.2) is 66.7 Å². The Hall–Kier alpha value is -3.42. The topological polar surface area (TPSA) is 77.1 Å². The molecule has 1 N–H and O–H groups in total. The van der Waals surface area contributed by atoms with Gasteiger partial charge in [-0.3, -0.25) is 9.59 Å². The molecule has 7 nitrogen and oxygen atoms in total. The van der Waals surface area contributed by atoms with Crippen molar-refractivity contribution in [1.29, 1.82) is 0 Å². The van der Waals surface area contributed by atoms with E-state index < -0.39 is 6.04 Å². The van der Waals surface area contributed by atoms with Crippen LogP contribution < -0.4 is 19.5 Å². The molecule has 4 rings (SSSR count). The van der Waals surface area contributed by atoms with Crippen LogP contribution in [-0.2, 0) is 22.6 Å². The van der Waals surface area contributed by atoms with Gasteiger partial charge in [0.15, 0.2) is 6.61 Å². The van der Waals surface area contributed by atoms with Gasteiger partial charge in [-0.15, -0.1) is 0 Å². The number of benzene rings is 3. The van der Waals surface area contributed by atoms with E-state index in [1.165, 1.54) is 0 Å². The second-order valence-corrected chi connectivity index (χ2v) is 10.6. The van der Waals surface area contributed by atoms with Crippen LogP contribution in [0.1, 0.15) is 36.8 Å². The minimum absolute atomic E-state index is 0.0994. The van der Waals surface area contributed by atoms with Gasteiger partial charge in [0, 0.05) is 47.3 Å². The zero-order chi connectivity index (χ0) is 28.5. The molecule has 0 spiro atoms. The number of hydrogen-bond acceptors (Lipinski definition) is 5. The molecule has 0 heterocycles. The summed E-state index contributed by atoms with van der Waals surface area (Å²) in [6.45, 7) is -0.196. The molecule has 1 aliphatic carbocycles. The number of halogens is 2. The van der Waals surface area contributed by atoms with Crippen molar-refractivity contribution in [3.05, 3.63) is 87.9 Å². The van der Waals surface area contributed by atoms with E-state index >= 15 is 0 Å². The van der Waals surface area contributed by atoms with Crippen LogP contribution >= 0.6 is 23.2 Å². The highest BCUT2D eigenvalue weighted by molar-refractivity contribution is 6.35. The normalized spacial score (nSPS) is 13.9. The molecule has 3 aromatic rings. The largest absolute Gasteiger partial charge is 0.496 e. The van der Waals surface area contributed by atoms with Gasteiger partial charge in [-0.25, -0.2) is 0 Å². The lowest BCUT2D eigenvalue weighted by Gasteiger charge is -2.32. The maximum absolute atomic E-state index is 13.9. The summed E-state index contributed by atoms with van der Waals surface area (Å²) in [5.74, 6) is 0.908. The molecule has 0 aromatic heterocycles. The van der Waals surface area contributed by atoms with E-state index in [0.717, 1.165) is 31.2 Å². The lowest BCUT2D eigenvalue weighted by atomic mass is 10.0. The highest BCUT2D eigenvalue weighted by Gasteiger charge is 2.33. The Balaban J connectivity index is 1.64. The standard InChI is InChI=1S/C31H34Cl2N2O5/c1-38-25-16-26(39-2)18-27(17-25)40-20-30(36)35(19-22-12-13-23(32)15-28(22)33)29(14-21-8-4-3-5-9-21)31(37)34-24-10-6-7-11-24/h3-5,8-9,12-13,15-18,24,29H,6-7,10-11,14,19-20H2,1-2H3,(H,34,37)/t29-/m0/s1. The number of carbonyl (C=O) groups excluding carboxylic acids is 2. The van der Waals surface area contributed by atoms with Crippen molar-refractivity contribution in [3.8, 4) is 17.2 Å². The van der Waals surface area contributed by atoms with Crippen molar-refractivity contribution in [1.82, 2.24) is 10.2 Å². The molecule has 2 amide bonds. The number of hydrogen-bond donors (Lipinski definition) is 1. The Kier molecular flexibility index (Phi) is 10.6. The molecular formula is C31H34Cl2N2O5. The van der Waals surface area contributed by atoms with Gasteiger partial charge >= 0.3 is 0 Å². The van der Waals surface area contributed by atoms with Crippen molar-refractivity contribution in [2.24, 2.45) is 0 Å². The highest BCUT2D eigenvalue weighted by atomic mass is 35.5. The van der Waals surface area contributed by atoms with Gasteiger partial charge in [0.2, 0.25) is 5.91 Å². The van der Waals surface area contributed by atoms with Crippen molar-refractivity contribution in [3.63, 3.8) is 0 Å². The Morgan fingerprint density at radius 3 is 2.20 bits per heavy atom. The van der Waals surface area contributed by atoms with E-state index in [1.54, 1.807) is 55.5 Å². The van der Waals surface area contributed by atoms with Crippen molar-refractivity contribution in [2.75, 3.05) is 20.8 Å². The quantitative estimate of drug-likeness (QED) is 0.279. The Bertz CT molecular complexity index is 1280. The number of nitrogens with zero attached hydrogens (tertiary/aromatic N) is 1. The summed E-state index contributed by atoms with van der Waals surface area (Å²) in [6.07, 6.45) is 4.36. The summed E-state index contributed by atoms with van der Waals surface area (Å²) in [6, 6.07) is 19.2. The summed E-state index contributed by atoms with van der Waals surface area (Å²) in [5.41, 5.74) is 1.61. The number of carbonyl (C=O) groups is 2. The van der Waals surface area contributed by atoms with Crippen LogP contribution in [0.4, 0.5) is 0 Å². The number of amides is 2. The third-order valence-electron chi connectivity index (χ3n) is 7.02. The summed E-state index contributed by atoms with van der Waals surface area (Å²) in [7, 11) is 3.08. The van der Waals surface area contributed by atoms with Gasteiger partial charge < -0.3 is 24.4 Å². The van der Waals surface area contributed by atoms with E-state index in [0.29, 0.717) is 39.3 Å². The third-order valence-corrected chi connectivity index (χ3v) is 7.60. The van der Waals surface area contributed by atoms with Crippen LogP contribution in [0.2, 0.25) is 10.0 Å². The molecule has 0 bridgehead atoms. The first kappa shape index (κ1) is 29.6. The Labute approximate surface area is 245 Å². The average molecular weight is 586 g/mol. The number of nitrogens with one attached hydrogen (secondary N) is 1. The van der Waals surface area contributed by atoms with Gasteiger partial charge in [-0.1, -0.05) is 72.4 Å². The third kappa shape index (κ3) is 8.05. The molecule has 1 aliphatic rings. The molecule has 9 heteroatoms. The lowest BCUT2D eigenvalue weighted by Crippen LogP contribution is -2.53. The average Bonchev–Trinajstić information content (AvgIpc) is 3.48. The Morgan fingerprint density at radius 1 is 0.925 bits per heavy atom. The molecule has 0 aliphatic heterocycles. The molecule has 212 valence electrons. The second-order valence-electron chi connectivity index (χ2n) is 9.79. The van der Waals surface area contributed by atoms with E-state index in [2.05, 4.69) is 5.32 Å². The zero-order valence-electron chi connectivity index (χ0n) is 22.7. The number of methoxy groups -OCH3 is 2. The van der Waals surface area contributed by atoms with Gasteiger partial charge in [0.1, 0.15) is 23.3 Å². The lowest BCUT2D eigenvalue weighted by molar-refractivity contribution is -0.143. The first-order chi connectivity index (χ1) is 19.4. The van der Waals surface area contributed by atoms with E-state index in [-0.39, 0.29) is 31.0 Å².